The van der Waals surface area contributed by atoms with Crippen LogP contribution in [0.2, 0.25) is 0 Å². The lowest BCUT2D eigenvalue weighted by Gasteiger charge is -2.40. The number of hydrogen-bond acceptors (Lipinski definition) is 5. The third-order valence-corrected chi connectivity index (χ3v) is 3.11. The van der Waals surface area contributed by atoms with Gasteiger partial charge < -0.3 is 15.1 Å². The lowest BCUT2D eigenvalue weighted by atomic mass is 9.91. The molecule has 2 atom stereocenters. The molecule has 0 radical (unpaired) electrons. The number of anilines is 1. The van der Waals surface area contributed by atoms with E-state index in [1.165, 1.54) is 0 Å². The van der Waals surface area contributed by atoms with Crippen molar-refractivity contribution >= 4 is 5.82 Å². The highest BCUT2D eigenvalue weighted by molar-refractivity contribution is 5.38. The molecule has 1 fully saturated rings. The van der Waals surface area contributed by atoms with Gasteiger partial charge in [0.25, 0.3) is 0 Å². The molecule has 0 spiro atoms. The number of aliphatic hydroxyl groups is 2. The predicted molar refractivity (Wildman–Crippen MR) is 60.2 cm³/mol. The zero-order valence-electron chi connectivity index (χ0n) is 9.59. The van der Waals surface area contributed by atoms with Crippen molar-refractivity contribution in [2.45, 2.75) is 32.0 Å². The molecule has 0 saturated carbocycles. The summed E-state index contributed by atoms with van der Waals surface area (Å²) in [5, 5.41) is 27.7. The van der Waals surface area contributed by atoms with Gasteiger partial charge in [0.05, 0.1) is 17.4 Å². The summed E-state index contributed by atoms with van der Waals surface area (Å²) < 4.78 is 0. The number of nitrogens with zero attached hydrogens (tertiary/aromatic N) is 3. The molecule has 2 rings (SSSR count). The number of hydrogen-bond donors (Lipinski definition) is 2. The molecule has 1 aliphatic rings. The minimum absolute atomic E-state index is 0.394. The highest BCUT2D eigenvalue weighted by Gasteiger charge is 2.36. The van der Waals surface area contributed by atoms with Crippen LogP contribution in [0.3, 0.4) is 0 Å². The molecule has 0 bridgehead atoms. The van der Waals surface area contributed by atoms with Crippen molar-refractivity contribution in [2.24, 2.45) is 0 Å². The predicted octanol–water partition coefficient (Wildman–Crippen LogP) is 0.107. The van der Waals surface area contributed by atoms with E-state index in [1.54, 1.807) is 6.92 Å². The van der Waals surface area contributed by atoms with Gasteiger partial charge in [-0.1, -0.05) is 0 Å². The van der Waals surface area contributed by atoms with Crippen LogP contribution in [0, 0.1) is 6.92 Å². The number of β-amino-alcohol motifs (C(OH)–C–C–N with tert-alkyl or cyclic N) is 1. The van der Waals surface area contributed by atoms with Crippen LogP contribution in [0.1, 0.15) is 19.0 Å². The second-order valence-electron chi connectivity index (χ2n) is 4.60. The maximum atomic E-state index is 9.84. The molecular weight excluding hydrogens is 206 g/mol. The number of aryl methyl sites for hydroxylation is 1. The number of aliphatic hydroxyl groups excluding tert-OH is 1. The summed E-state index contributed by atoms with van der Waals surface area (Å²) >= 11 is 0. The maximum absolute atomic E-state index is 9.84. The minimum Gasteiger partial charge on any atom is -0.388 e. The first kappa shape index (κ1) is 11.3. The van der Waals surface area contributed by atoms with Crippen molar-refractivity contribution in [3.63, 3.8) is 0 Å². The molecule has 1 aromatic rings. The molecular formula is C11H17N3O2. The fourth-order valence-corrected chi connectivity index (χ4v) is 1.79. The van der Waals surface area contributed by atoms with Gasteiger partial charge in [-0.2, -0.15) is 5.10 Å². The van der Waals surface area contributed by atoms with E-state index in [4.69, 9.17) is 0 Å². The van der Waals surface area contributed by atoms with Gasteiger partial charge in [0.15, 0.2) is 5.82 Å². The third-order valence-electron chi connectivity index (χ3n) is 3.11. The molecule has 2 unspecified atom stereocenters. The Bertz CT molecular complexity index is 364. The van der Waals surface area contributed by atoms with Crippen LogP contribution in [0.25, 0.3) is 0 Å². The molecule has 5 heteroatoms. The first-order valence-corrected chi connectivity index (χ1v) is 5.45. The summed E-state index contributed by atoms with van der Waals surface area (Å²) in [5.74, 6) is 0.750. The van der Waals surface area contributed by atoms with Crippen molar-refractivity contribution < 1.29 is 10.2 Å². The second kappa shape index (κ2) is 3.99. The molecule has 0 amide bonds. The molecule has 16 heavy (non-hydrogen) atoms. The molecule has 0 aliphatic carbocycles. The van der Waals surface area contributed by atoms with E-state index in [9.17, 15) is 10.2 Å². The van der Waals surface area contributed by atoms with E-state index in [0.29, 0.717) is 19.5 Å². The van der Waals surface area contributed by atoms with E-state index in [0.717, 1.165) is 11.5 Å². The Kier molecular flexibility index (Phi) is 2.82. The van der Waals surface area contributed by atoms with Crippen LogP contribution in [0.4, 0.5) is 5.82 Å². The lowest BCUT2D eigenvalue weighted by Crippen LogP contribution is -2.54. The zero-order valence-corrected chi connectivity index (χ0v) is 9.59. The summed E-state index contributed by atoms with van der Waals surface area (Å²) in [6, 6.07) is 3.77. The van der Waals surface area contributed by atoms with Gasteiger partial charge in [-0.25, -0.2) is 0 Å². The van der Waals surface area contributed by atoms with Gasteiger partial charge in [0.2, 0.25) is 0 Å². The van der Waals surface area contributed by atoms with Crippen LogP contribution in [-0.4, -0.2) is 45.2 Å². The van der Waals surface area contributed by atoms with Crippen molar-refractivity contribution in [2.75, 3.05) is 18.0 Å². The molecule has 1 aliphatic heterocycles. The largest absolute Gasteiger partial charge is 0.388 e. The van der Waals surface area contributed by atoms with Crippen molar-refractivity contribution in [3.05, 3.63) is 17.8 Å². The van der Waals surface area contributed by atoms with Gasteiger partial charge in [-0.15, -0.1) is 5.10 Å². The first-order valence-electron chi connectivity index (χ1n) is 5.45. The van der Waals surface area contributed by atoms with E-state index >= 15 is 0 Å². The normalized spacial score (nSPS) is 30.5. The molecule has 88 valence electrons. The van der Waals surface area contributed by atoms with Gasteiger partial charge in [-0.05, 0) is 32.4 Å². The number of aromatic nitrogens is 2. The second-order valence-corrected chi connectivity index (χ2v) is 4.60. The molecule has 0 aromatic carbocycles. The van der Waals surface area contributed by atoms with E-state index in [1.807, 2.05) is 24.0 Å². The monoisotopic (exact) mass is 223 g/mol. The zero-order chi connectivity index (χ0) is 11.8. The Morgan fingerprint density at radius 2 is 2.19 bits per heavy atom. The smallest absolute Gasteiger partial charge is 0.151 e. The Labute approximate surface area is 94.7 Å². The molecule has 1 saturated heterocycles. The Hall–Kier alpha value is -1.20. The van der Waals surface area contributed by atoms with E-state index < -0.39 is 11.7 Å². The number of rotatable bonds is 1. The van der Waals surface area contributed by atoms with Crippen LogP contribution < -0.4 is 4.90 Å². The standard InChI is InChI=1S/C11H17N3O2/c1-8-3-4-10(13-12-8)14-6-5-11(2,16)9(15)7-14/h3-4,9,15-16H,5-7H2,1-2H3. The van der Waals surface area contributed by atoms with Gasteiger partial charge >= 0.3 is 0 Å². The summed E-state index contributed by atoms with van der Waals surface area (Å²) in [5.41, 5.74) is -0.123. The Morgan fingerprint density at radius 1 is 1.44 bits per heavy atom. The molecule has 5 nitrogen and oxygen atoms in total. The maximum Gasteiger partial charge on any atom is 0.151 e. The highest BCUT2D eigenvalue weighted by atomic mass is 16.3. The average Bonchev–Trinajstić information content (AvgIpc) is 2.24. The van der Waals surface area contributed by atoms with E-state index in [2.05, 4.69) is 10.2 Å². The molecule has 1 aromatic heterocycles. The lowest BCUT2D eigenvalue weighted by molar-refractivity contribution is -0.0723. The first-order chi connectivity index (χ1) is 7.49. The van der Waals surface area contributed by atoms with Crippen LogP contribution in [0.15, 0.2) is 12.1 Å². The minimum atomic E-state index is -0.991. The average molecular weight is 223 g/mol. The van der Waals surface area contributed by atoms with Crippen molar-refractivity contribution in [3.8, 4) is 0 Å². The molecule has 2 heterocycles. The summed E-state index contributed by atoms with van der Waals surface area (Å²) in [6.45, 7) is 4.62. The fraction of sp³-hybridized carbons (Fsp3) is 0.636. The van der Waals surface area contributed by atoms with Crippen LogP contribution in [0.5, 0.6) is 0 Å². The summed E-state index contributed by atoms with van der Waals surface area (Å²) in [7, 11) is 0. The summed E-state index contributed by atoms with van der Waals surface area (Å²) in [6.07, 6.45) is -0.214. The highest BCUT2D eigenvalue weighted by Crippen LogP contribution is 2.24. The van der Waals surface area contributed by atoms with Crippen LogP contribution >= 0.6 is 0 Å². The number of piperidine rings is 1. The fourth-order valence-electron chi connectivity index (χ4n) is 1.79. The van der Waals surface area contributed by atoms with E-state index in [-0.39, 0.29) is 0 Å². The van der Waals surface area contributed by atoms with Gasteiger partial charge in [0.1, 0.15) is 0 Å². The summed E-state index contributed by atoms with van der Waals surface area (Å²) in [4.78, 5) is 1.94. The van der Waals surface area contributed by atoms with Gasteiger partial charge in [0, 0.05) is 13.1 Å². The van der Waals surface area contributed by atoms with Crippen LogP contribution in [-0.2, 0) is 0 Å². The molecule has 2 N–H and O–H groups in total. The Balaban J connectivity index is 2.10. The SMILES string of the molecule is Cc1ccc(N2CCC(C)(O)C(O)C2)nn1. The van der Waals surface area contributed by atoms with Crippen molar-refractivity contribution in [1.82, 2.24) is 10.2 Å². The quantitative estimate of drug-likeness (QED) is 0.707. The topological polar surface area (TPSA) is 69.5 Å². The van der Waals surface area contributed by atoms with Crippen molar-refractivity contribution in [1.29, 1.82) is 0 Å². The third kappa shape index (κ3) is 2.15. The van der Waals surface area contributed by atoms with Gasteiger partial charge in [-0.3, -0.25) is 0 Å². The Morgan fingerprint density at radius 3 is 2.75 bits per heavy atom.